The molecule has 9 heteroatoms. The fraction of sp³-hybridized carbons (Fsp3) is 0.0230. The maximum atomic E-state index is 5.57. The molecule has 0 saturated carbocycles. The third-order valence-corrected chi connectivity index (χ3v) is 19.4. The third kappa shape index (κ3) is 8.89. The molecule has 18 aromatic rings. The minimum absolute atomic E-state index is 0.446. The molecular weight excluding hydrogens is 1170 g/mol. The van der Waals surface area contributed by atoms with E-state index >= 15 is 0 Å². The Morgan fingerprint density at radius 3 is 1.54 bits per heavy atom. The average molecular weight is 1230 g/mol. The first kappa shape index (κ1) is 54.8. The normalized spacial score (nSPS) is 13.9. The highest BCUT2D eigenvalue weighted by atomic mass is 15.3. The summed E-state index contributed by atoms with van der Waals surface area (Å²) in [6, 6.07) is 113. The fourth-order valence-electron chi connectivity index (χ4n) is 15.0. The molecule has 0 spiro atoms. The molecule has 452 valence electrons. The van der Waals surface area contributed by atoms with E-state index < -0.39 is 12.3 Å². The van der Waals surface area contributed by atoms with E-state index in [1.165, 1.54) is 37.7 Å². The van der Waals surface area contributed by atoms with Crippen LogP contribution in [-0.2, 0) is 0 Å². The van der Waals surface area contributed by atoms with Gasteiger partial charge in [0.25, 0.3) is 0 Å². The number of nitrogens with one attached hydrogen (secondary N) is 2. The zero-order chi connectivity index (χ0) is 63.4. The smallest absolute Gasteiger partial charge is 0.234 e. The van der Waals surface area contributed by atoms with Gasteiger partial charge in [0.1, 0.15) is 24.0 Å². The predicted molar refractivity (Wildman–Crippen MR) is 401 cm³/mol. The van der Waals surface area contributed by atoms with Crippen molar-refractivity contribution in [2.24, 2.45) is 15.0 Å². The lowest BCUT2D eigenvalue weighted by molar-refractivity contribution is 0.657. The number of para-hydroxylation sites is 4. The molecule has 0 bridgehead atoms. The van der Waals surface area contributed by atoms with Gasteiger partial charge in [-0.25, -0.2) is 4.99 Å². The van der Waals surface area contributed by atoms with Crippen LogP contribution in [0, 0.1) is 0 Å². The zero-order valence-electron chi connectivity index (χ0n) is 52.1. The van der Waals surface area contributed by atoms with Gasteiger partial charge in [-0.05, 0) is 110 Å². The lowest BCUT2D eigenvalue weighted by Crippen LogP contribution is -2.35. The molecule has 2 unspecified atom stereocenters. The second-order valence-electron chi connectivity index (χ2n) is 24.9. The molecule has 0 aliphatic carbocycles. The van der Waals surface area contributed by atoms with Crippen LogP contribution in [0.4, 0.5) is 0 Å². The quantitative estimate of drug-likeness (QED) is 0.127. The SMILES string of the molecule is C=C(NC(/N=C/c1ccc(-c2ccc(C3N=C(n4c5ccccc5c5ccc6c(c7ccccc7n6-c6ccc7ccccc7c6)c54)N=C(c4ccccc4)N3)cc2)cc1)c1ccccc1)n1c2ccccc2c2c1ccc1c3ccccc3n(-c3ccc4ccccc4c3)c12. The van der Waals surface area contributed by atoms with E-state index in [1.807, 2.05) is 18.3 Å². The minimum atomic E-state index is -0.447. The maximum Gasteiger partial charge on any atom is 0.234 e. The Balaban J connectivity index is 0.649. The largest absolute Gasteiger partial charge is 0.346 e. The van der Waals surface area contributed by atoms with Crippen molar-refractivity contribution >= 4 is 133 Å². The Bertz CT molecular complexity index is 6280. The van der Waals surface area contributed by atoms with Crippen molar-refractivity contribution in [3.05, 3.63) is 344 Å². The van der Waals surface area contributed by atoms with Crippen LogP contribution in [0.1, 0.15) is 34.6 Å². The second kappa shape index (κ2) is 22.2. The molecule has 96 heavy (non-hydrogen) atoms. The lowest BCUT2D eigenvalue weighted by Gasteiger charge is -2.24. The summed E-state index contributed by atoms with van der Waals surface area (Å²) in [4.78, 5) is 16.3. The van der Waals surface area contributed by atoms with E-state index in [2.05, 4.69) is 332 Å². The van der Waals surface area contributed by atoms with Gasteiger partial charge in [-0.2, -0.15) is 4.99 Å². The van der Waals surface area contributed by atoms with E-state index in [9.17, 15) is 0 Å². The molecule has 4 aromatic heterocycles. The van der Waals surface area contributed by atoms with E-state index in [0.29, 0.717) is 5.96 Å². The molecule has 1 aliphatic rings. The summed E-state index contributed by atoms with van der Waals surface area (Å²) in [5.74, 6) is 2.09. The highest BCUT2D eigenvalue weighted by molar-refractivity contribution is 6.29. The fourth-order valence-corrected chi connectivity index (χ4v) is 15.0. The number of aromatic nitrogens is 4. The Labute approximate surface area is 552 Å². The Morgan fingerprint density at radius 2 is 0.896 bits per heavy atom. The van der Waals surface area contributed by atoms with E-state index in [4.69, 9.17) is 21.6 Å². The summed E-state index contributed by atoms with van der Waals surface area (Å²) in [6.45, 7) is 4.78. The third-order valence-electron chi connectivity index (χ3n) is 19.4. The molecule has 2 atom stereocenters. The van der Waals surface area contributed by atoms with Gasteiger partial charge < -0.3 is 19.8 Å². The Morgan fingerprint density at radius 1 is 0.406 bits per heavy atom. The second-order valence-corrected chi connectivity index (χ2v) is 24.9. The number of nitrogens with zero attached hydrogens (tertiary/aromatic N) is 7. The zero-order valence-corrected chi connectivity index (χ0v) is 52.1. The molecule has 0 radical (unpaired) electrons. The molecule has 1 aliphatic heterocycles. The van der Waals surface area contributed by atoms with Crippen molar-refractivity contribution in [2.75, 3.05) is 0 Å². The van der Waals surface area contributed by atoms with Gasteiger partial charge in [0, 0.05) is 66.2 Å². The Kier molecular flexibility index (Phi) is 12.7. The van der Waals surface area contributed by atoms with Crippen molar-refractivity contribution in [1.29, 1.82) is 0 Å². The van der Waals surface area contributed by atoms with Crippen LogP contribution >= 0.6 is 0 Å². The van der Waals surface area contributed by atoms with Crippen LogP contribution in [0.25, 0.3) is 137 Å². The van der Waals surface area contributed by atoms with Gasteiger partial charge in [0.15, 0.2) is 0 Å². The van der Waals surface area contributed by atoms with Crippen LogP contribution in [0.3, 0.4) is 0 Å². The van der Waals surface area contributed by atoms with E-state index in [1.54, 1.807) is 0 Å². The van der Waals surface area contributed by atoms with Gasteiger partial charge >= 0.3 is 0 Å². The highest BCUT2D eigenvalue weighted by Crippen LogP contribution is 2.44. The van der Waals surface area contributed by atoms with Crippen LogP contribution in [0.5, 0.6) is 0 Å². The van der Waals surface area contributed by atoms with Crippen LogP contribution in [0.2, 0.25) is 0 Å². The van der Waals surface area contributed by atoms with Gasteiger partial charge in [0.05, 0.1) is 44.1 Å². The summed E-state index contributed by atoms with van der Waals surface area (Å²) >= 11 is 0. The molecular formula is C87H59N9. The molecule has 0 saturated heterocycles. The first-order chi connectivity index (χ1) is 47.5. The molecule has 0 fully saturated rings. The van der Waals surface area contributed by atoms with E-state index in [-0.39, 0.29) is 0 Å². The highest BCUT2D eigenvalue weighted by Gasteiger charge is 2.28. The summed E-state index contributed by atoms with van der Waals surface area (Å²) in [7, 11) is 0. The molecule has 2 N–H and O–H groups in total. The van der Waals surface area contributed by atoms with Crippen molar-refractivity contribution in [3.63, 3.8) is 0 Å². The molecule has 5 heterocycles. The number of benzene rings is 14. The summed E-state index contributed by atoms with van der Waals surface area (Å²) < 4.78 is 9.41. The monoisotopic (exact) mass is 1230 g/mol. The number of amidine groups is 1. The molecule has 14 aromatic carbocycles. The lowest BCUT2D eigenvalue weighted by atomic mass is 10.0. The van der Waals surface area contributed by atoms with Crippen LogP contribution < -0.4 is 10.6 Å². The molecule has 9 nitrogen and oxygen atoms in total. The van der Waals surface area contributed by atoms with E-state index in [0.717, 1.165) is 127 Å². The summed E-state index contributed by atoms with van der Waals surface area (Å²) in [5, 5.41) is 21.7. The van der Waals surface area contributed by atoms with Crippen molar-refractivity contribution in [1.82, 2.24) is 28.9 Å². The predicted octanol–water partition coefficient (Wildman–Crippen LogP) is 20.9. The van der Waals surface area contributed by atoms with Crippen molar-refractivity contribution in [2.45, 2.75) is 12.3 Å². The van der Waals surface area contributed by atoms with Gasteiger partial charge in [-0.3, -0.25) is 14.1 Å². The number of fused-ring (bicyclic) bond motifs is 16. The topological polar surface area (TPSA) is 80.9 Å². The summed E-state index contributed by atoms with van der Waals surface area (Å²) in [5.41, 5.74) is 17.2. The van der Waals surface area contributed by atoms with Crippen molar-refractivity contribution in [3.8, 4) is 22.5 Å². The number of aliphatic imine (C=N–C) groups is 3. The molecule has 19 rings (SSSR count). The maximum absolute atomic E-state index is 5.57. The van der Waals surface area contributed by atoms with Crippen LogP contribution in [-0.4, -0.2) is 36.3 Å². The number of hydrogen-bond acceptors (Lipinski definition) is 5. The average Bonchev–Trinajstić information content (AvgIpc) is 1.55. The summed E-state index contributed by atoms with van der Waals surface area (Å²) in [6.07, 6.45) is 1.07. The first-order valence-electron chi connectivity index (χ1n) is 32.7. The van der Waals surface area contributed by atoms with Gasteiger partial charge in [-0.15, -0.1) is 0 Å². The molecule has 0 amide bonds. The van der Waals surface area contributed by atoms with Crippen molar-refractivity contribution < 1.29 is 0 Å². The number of hydrogen-bond donors (Lipinski definition) is 2. The van der Waals surface area contributed by atoms with Gasteiger partial charge in [0.2, 0.25) is 5.96 Å². The van der Waals surface area contributed by atoms with Crippen LogP contribution in [0.15, 0.2) is 337 Å². The Hall–Kier alpha value is -12.9. The van der Waals surface area contributed by atoms with Gasteiger partial charge in [-0.1, -0.05) is 261 Å². The standard InChI is InChI=1S/C87H59N9/c1-55(93-76-34-18-14-30-72(76)80-78(93)50-48-70-68-28-12-16-32-74(68)95(82(70)80)67-47-45-58-21-9-11-27-65(58)53-67)89-84(61-22-4-2-5-23-61)88-54-56-36-38-59(39-37-56)60-40-42-63(43-41-60)86-90-85(62-24-6-3-7-25-62)91-87(92-86)96-75-33-17-13-29-69(75)71-49-51-79-81(83(71)96)73-31-15-19-35-77(73)94(79)66-46-44-57-20-8-10-26-64(57)52-66/h2-54,84,86,89H,1H2,(H,90,91,92)/b88-54+. The minimum Gasteiger partial charge on any atom is -0.346 e. The first-order valence-corrected chi connectivity index (χ1v) is 32.7. The number of rotatable bonds is 11.